The Balaban J connectivity index is 0. The van der Waals surface area contributed by atoms with Crippen LogP contribution in [0.1, 0.15) is 0 Å². The Hall–Kier alpha value is 1.26. The van der Waals surface area contributed by atoms with Gasteiger partial charge < -0.3 is 0 Å². The van der Waals surface area contributed by atoms with Crippen LogP contribution in [0.15, 0.2) is 0 Å². The van der Waals surface area contributed by atoms with Crippen molar-refractivity contribution in [2.24, 2.45) is 0 Å². The minimum absolute atomic E-state index is 0. The third-order valence-electron chi connectivity index (χ3n) is 0.258. The summed E-state index contributed by atoms with van der Waals surface area (Å²) < 4.78 is 9.48. The second-order valence-corrected chi connectivity index (χ2v) is 2.59. The number of hydrogen-bond acceptors (Lipinski definition) is 2. The zero-order valence-corrected chi connectivity index (χ0v) is 8.84. The molecule has 0 aliphatic heterocycles. The Kier molecular flexibility index (Phi) is 11.5. The van der Waals surface area contributed by atoms with Crippen molar-refractivity contribution >= 4 is 5.97 Å². The molecule has 0 aromatic rings. The van der Waals surface area contributed by atoms with Gasteiger partial charge in [0.2, 0.25) is 0 Å². The van der Waals surface area contributed by atoms with E-state index < -0.39 is 35.2 Å². The molecular formula is C2H3O3YZr. The predicted octanol–water partition coefficient (Wildman–Crippen LogP) is -0.0852. The molecule has 0 fully saturated rings. The van der Waals surface area contributed by atoms with Crippen LogP contribution >= 0.6 is 0 Å². The fourth-order valence-electron chi connectivity index (χ4n) is 0.0713. The maximum absolute atomic E-state index is 9.55. The van der Waals surface area contributed by atoms with Crippen molar-refractivity contribution in [3.63, 3.8) is 0 Å². The average molecular weight is 255 g/mol. The van der Waals surface area contributed by atoms with Crippen molar-refractivity contribution in [2.45, 2.75) is 3.23 Å². The maximum Gasteiger partial charge on any atom is 0 e. The van der Waals surface area contributed by atoms with Gasteiger partial charge in [0.1, 0.15) is 0 Å². The van der Waals surface area contributed by atoms with Crippen molar-refractivity contribution in [3.05, 3.63) is 0 Å². The fourth-order valence-corrected chi connectivity index (χ4v) is 0.422. The molecule has 7 heavy (non-hydrogen) atoms. The van der Waals surface area contributed by atoms with E-state index in [1.807, 2.05) is 0 Å². The van der Waals surface area contributed by atoms with E-state index >= 15 is 0 Å². The van der Waals surface area contributed by atoms with Crippen LogP contribution in [0.3, 0.4) is 0 Å². The first-order valence-electron chi connectivity index (χ1n) is 1.43. The van der Waals surface area contributed by atoms with Gasteiger partial charge in [-0.05, 0) is 0 Å². The summed E-state index contributed by atoms with van der Waals surface area (Å²) in [5.74, 6) is -0.939. The summed E-state index contributed by atoms with van der Waals surface area (Å²) in [4.78, 5) is 9.45. The summed E-state index contributed by atoms with van der Waals surface area (Å²) in [6.07, 6.45) is 0. The molecule has 0 aliphatic carbocycles. The summed E-state index contributed by atoms with van der Waals surface area (Å²) in [7, 11) is 0. The molecule has 36 valence electrons. The van der Waals surface area contributed by atoms with Crippen molar-refractivity contribution < 1.29 is 67.4 Å². The molecule has 0 atom stereocenters. The Morgan fingerprint density at radius 2 is 2.14 bits per heavy atom. The number of carbonyl (C=O) groups is 1. The van der Waals surface area contributed by atoms with Crippen molar-refractivity contribution in [2.75, 3.05) is 0 Å². The number of carboxylic acid groups (broad SMARTS) is 1. The normalized spacial score (nSPS) is 5.71. The molecule has 0 unspecified atom stereocenters. The molecule has 3 nitrogen and oxygen atoms in total. The number of hydrogen-bond donors (Lipinski definition) is 1. The standard InChI is InChI=1S/C2H3O2.O.Y.Zr/c1-2(3)4;;;/h1H2,(H,3,4);;;. The molecule has 5 heteroatoms. The van der Waals surface area contributed by atoms with E-state index in [1.54, 1.807) is 0 Å². The van der Waals surface area contributed by atoms with Gasteiger partial charge in [0.25, 0.3) is 0 Å². The zero-order valence-electron chi connectivity index (χ0n) is 3.55. The van der Waals surface area contributed by atoms with Crippen LogP contribution < -0.4 is 0 Å². The molecule has 1 N–H and O–H groups in total. The molecule has 0 aliphatic rings. The van der Waals surface area contributed by atoms with E-state index in [1.165, 1.54) is 0 Å². The van der Waals surface area contributed by atoms with E-state index in [0.29, 0.717) is 0 Å². The maximum atomic E-state index is 9.55. The van der Waals surface area contributed by atoms with Crippen LogP contribution in [-0.2, 0) is 62.3 Å². The van der Waals surface area contributed by atoms with E-state index in [-0.39, 0.29) is 29.4 Å². The second-order valence-electron chi connectivity index (χ2n) is 0.765. The van der Waals surface area contributed by atoms with Crippen LogP contribution in [0, 0.1) is 0 Å². The van der Waals surface area contributed by atoms with E-state index in [9.17, 15) is 6.84 Å². The predicted molar refractivity (Wildman–Crippen MR) is 13.1 cm³/mol. The first-order valence-corrected chi connectivity index (χ1v) is 4.59. The van der Waals surface area contributed by atoms with Gasteiger partial charge >= 0.3 is 50.4 Å². The van der Waals surface area contributed by atoms with Gasteiger partial charge in [0.15, 0.2) is 0 Å². The number of carboxylic acids is 1. The van der Waals surface area contributed by atoms with Gasteiger partial charge in [-0.1, -0.05) is 0 Å². The molecule has 0 spiro atoms. The van der Waals surface area contributed by atoms with Gasteiger partial charge in [0, 0.05) is 26.2 Å². The minimum Gasteiger partial charge on any atom is 0 e. The van der Waals surface area contributed by atoms with Gasteiger partial charge in [-0.25, -0.2) is 0 Å². The number of aliphatic carboxylic acids is 1. The first-order chi connectivity index (χ1) is 2.77. The third kappa shape index (κ3) is 11.1. The fraction of sp³-hybridized carbons (Fsp3) is 0.500. The molecule has 0 bridgehead atoms. The van der Waals surface area contributed by atoms with Crippen LogP contribution in [0.4, 0.5) is 0 Å². The molecule has 0 rings (SSSR count). The average Bonchev–Trinajstić information content (AvgIpc) is 1.35. The zero-order chi connectivity index (χ0) is 4.99. The Bertz CT molecular complexity index is 73.3. The Morgan fingerprint density at radius 1 is 1.71 bits per heavy atom. The topological polar surface area (TPSA) is 54.4 Å². The second kappa shape index (κ2) is 7.26. The van der Waals surface area contributed by atoms with Gasteiger partial charge in [-0.15, -0.1) is 0 Å². The largest absolute Gasteiger partial charge is 0 e. The van der Waals surface area contributed by atoms with Gasteiger partial charge in [-0.3, -0.25) is 0 Å². The van der Waals surface area contributed by atoms with Crippen molar-refractivity contribution in [3.8, 4) is 0 Å². The van der Waals surface area contributed by atoms with Crippen LogP contribution in [-0.4, -0.2) is 11.1 Å². The molecule has 0 saturated heterocycles. The smallest absolute Gasteiger partial charge is 0 e. The van der Waals surface area contributed by atoms with Crippen LogP contribution in [0.2, 0.25) is 3.23 Å². The van der Waals surface area contributed by atoms with Gasteiger partial charge in [0.05, 0.1) is 0 Å². The molecule has 0 radical (unpaired) electrons. The summed E-state index contributed by atoms with van der Waals surface area (Å²) in [5, 5.41) is 7.76. The van der Waals surface area contributed by atoms with Gasteiger partial charge in [-0.2, -0.15) is 0 Å². The van der Waals surface area contributed by atoms with Crippen LogP contribution in [0.25, 0.3) is 0 Å². The monoisotopic (exact) mass is 254 g/mol. The SMILES string of the molecule is [O]=[Y][CH2]C(=O)O.[Zr]. The first kappa shape index (κ1) is 11.1. The summed E-state index contributed by atoms with van der Waals surface area (Å²) >= 11 is -1.84. The van der Waals surface area contributed by atoms with Crippen molar-refractivity contribution in [1.82, 2.24) is 0 Å². The molecule has 0 heterocycles. The molecule has 0 aromatic heterocycles. The minimum atomic E-state index is -1.84. The summed E-state index contributed by atoms with van der Waals surface area (Å²) in [6, 6.07) is 0. The van der Waals surface area contributed by atoms with Crippen LogP contribution in [0.5, 0.6) is 0 Å². The number of rotatable bonds is 2. The molecule has 0 amide bonds. The molecule has 0 saturated carbocycles. The van der Waals surface area contributed by atoms with Crippen molar-refractivity contribution in [1.29, 1.82) is 0 Å². The summed E-state index contributed by atoms with van der Waals surface area (Å²) in [5.41, 5.74) is 0. The van der Waals surface area contributed by atoms with E-state index in [4.69, 9.17) is 5.11 Å². The van der Waals surface area contributed by atoms with E-state index in [0.717, 1.165) is 0 Å². The molecule has 0 aromatic carbocycles. The molecular weight excluding hydrogens is 252 g/mol. The summed E-state index contributed by atoms with van der Waals surface area (Å²) in [6.45, 7) is 0. The quantitative estimate of drug-likeness (QED) is 0.750. The Labute approximate surface area is 75.6 Å². The Morgan fingerprint density at radius 3 is 2.14 bits per heavy atom. The van der Waals surface area contributed by atoms with E-state index in [2.05, 4.69) is 0 Å². The third-order valence-corrected chi connectivity index (χ3v) is 1.53.